The number of hydrogen-bond acceptors (Lipinski definition) is 5. The number of ether oxygens (including phenoxy) is 3. The minimum atomic E-state index is -0.322. The first-order chi connectivity index (χ1) is 13.6. The van der Waals surface area contributed by atoms with Gasteiger partial charge in [-0.1, -0.05) is 0 Å². The van der Waals surface area contributed by atoms with Crippen LogP contribution in [0.1, 0.15) is 21.9 Å². The molecule has 0 spiro atoms. The Kier molecular flexibility index (Phi) is 6.11. The van der Waals surface area contributed by atoms with Gasteiger partial charge in [0, 0.05) is 5.56 Å². The highest BCUT2D eigenvalue weighted by molar-refractivity contribution is 6.07. The molecule has 5 nitrogen and oxygen atoms in total. The fourth-order valence-electron chi connectivity index (χ4n) is 2.49. The van der Waals surface area contributed by atoms with E-state index in [0.717, 1.165) is 0 Å². The van der Waals surface area contributed by atoms with Crippen molar-refractivity contribution in [3.63, 3.8) is 0 Å². The van der Waals surface area contributed by atoms with Gasteiger partial charge in [-0.3, -0.25) is 4.79 Å². The number of halogens is 1. The van der Waals surface area contributed by atoms with Gasteiger partial charge >= 0.3 is 0 Å². The van der Waals surface area contributed by atoms with Crippen molar-refractivity contribution in [3.8, 4) is 17.2 Å². The Bertz CT molecular complexity index is 973. The number of carbonyl (C=O) groups is 1. The molecule has 1 aromatic heterocycles. The molecule has 0 saturated carbocycles. The largest absolute Gasteiger partial charge is 0.493 e. The van der Waals surface area contributed by atoms with E-state index in [1.807, 2.05) is 0 Å². The lowest BCUT2D eigenvalue weighted by molar-refractivity contribution is 0.104. The van der Waals surface area contributed by atoms with Gasteiger partial charge < -0.3 is 18.6 Å². The van der Waals surface area contributed by atoms with E-state index in [-0.39, 0.29) is 18.2 Å². The molecule has 0 unspecified atom stereocenters. The summed E-state index contributed by atoms with van der Waals surface area (Å²) in [6, 6.07) is 14.2. The predicted octanol–water partition coefficient (Wildman–Crippen LogP) is 4.91. The lowest BCUT2D eigenvalue weighted by Crippen LogP contribution is -1.97. The van der Waals surface area contributed by atoms with Gasteiger partial charge in [-0.05, 0) is 66.7 Å². The molecule has 0 aliphatic rings. The SMILES string of the molecule is COc1ccc(C(=O)/C=C/c2ccc(COc3ccc(F)cc3)o2)cc1OC. The van der Waals surface area contributed by atoms with Crippen LogP contribution in [0.25, 0.3) is 6.08 Å². The summed E-state index contributed by atoms with van der Waals surface area (Å²) in [6.07, 6.45) is 3.01. The minimum absolute atomic E-state index is 0.193. The van der Waals surface area contributed by atoms with Crippen LogP contribution in [0, 0.1) is 5.82 Å². The summed E-state index contributed by atoms with van der Waals surface area (Å²) < 4.78 is 34.4. The van der Waals surface area contributed by atoms with Gasteiger partial charge in [0.1, 0.15) is 29.7 Å². The molecule has 0 amide bonds. The molecule has 6 heteroatoms. The Morgan fingerprint density at radius 3 is 2.46 bits per heavy atom. The third-order valence-electron chi connectivity index (χ3n) is 3.94. The Morgan fingerprint density at radius 2 is 1.75 bits per heavy atom. The summed E-state index contributed by atoms with van der Waals surface area (Å²) in [7, 11) is 3.05. The molecule has 1 heterocycles. The van der Waals surface area contributed by atoms with E-state index in [1.54, 1.807) is 48.5 Å². The van der Waals surface area contributed by atoms with Crippen molar-refractivity contribution in [2.24, 2.45) is 0 Å². The van der Waals surface area contributed by atoms with E-state index < -0.39 is 0 Å². The molecule has 0 saturated heterocycles. The quantitative estimate of drug-likeness (QED) is 0.409. The van der Waals surface area contributed by atoms with Crippen LogP contribution < -0.4 is 14.2 Å². The number of ketones is 1. The first-order valence-electron chi connectivity index (χ1n) is 8.50. The Morgan fingerprint density at radius 1 is 1.00 bits per heavy atom. The van der Waals surface area contributed by atoms with Crippen LogP contribution in [0.15, 0.2) is 65.1 Å². The van der Waals surface area contributed by atoms with Crippen molar-refractivity contribution < 1.29 is 27.8 Å². The van der Waals surface area contributed by atoms with E-state index in [1.165, 1.54) is 32.4 Å². The van der Waals surface area contributed by atoms with Gasteiger partial charge in [-0.25, -0.2) is 4.39 Å². The lowest BCUT2D eigenvalue weighted by Gasteiger charge is -2.07. The minimum Gasteiger partial charge on any atom is -0.493 e. The Labute approximate surface area is 162 Å². The van der Waals surface area contributed by atoms with Gasteiger partial charge in [0.2, 0.25) is 0 Å². The van der Waals surface area contributed by atoms with Crippen molar-refractivity contribution in [3.05, 3.63) is 83.6 Å². The average Bonchev–Trinajstić information content (AvgIpc) is 3.19. The third kappa shape index (κ3) is 4.79. The number of benzene rings is 2. The summed E-state index contributed by atoms with van der Waals surface area (Å²) in [6.45, 7) is 0.198. The molecule has 0 bridgehead atoms. The maximum absolute atomic E-state index is 12.9. The van der Waals surface area contributed by atoms with E-state index in [9.17, 15) is 9.18 Å². The average molecular weight is 382 g/mol. The van der Waals surface area contributed by atoms with Crippen LogP contribution in [0.3, 0.4) is 0 Å². The summed E-state index contributed by atoms with van der Waals surface area (Å²) >= 11 is 0. The highest BCUT2D eigenvalue weighted by Gasteiger charge is 2.09. The van der Waals surface area contributed by atoms with Crippen LogP contribution >= 0.6 is 0 Å². The van der Waals surface area contributed by atoms with Crippen molar-refractivity contribution in [2.75, 3.05) is 14.2 Å². The van der Waals surface area contributed by atoms with Crippen molar-refractivity contribution in [1.29, 1.82) is 0 Å². The van der Waals surface area contributed by atoms with E-state index in [0.29, 0.717) is 34.3 Å². The maximum Gasteiger partial charge on any atom is 0.186 e. The number of allylic oxidation sites excluding steroid dienone is 1. The van der Waals surface area contributed by atoms with Crippen molar-refractivity contribution in [2.45, 2.75) is 6.61 Å². The molecular weight excluding hydrogens is 363 g/mol. The second-order valence-corrected chi connectivity index (χ2v) is 5.81. The number of methoxy groups -OCH3 is 2. The van der Waals surface area contributed by atoms with E-state index in [4.69, 9.17) is 18.6 Å². The Balaban J connectivity index is 1.61. The normalized spacial score (nSPS) is 10.8. The fourth-order valence-corrected chi connectivity index (χ4v) is 2.49. The summed E-state index contributed by atoms with van der Waals surface area (Å²) in [5.41, 5.74) is 0.473. The second kappa shape index (κ2) is 8.90. The zero-order valence-corrected chi connectivity index (χ0v) is 15.5. The number of furan rings is 1. The van der Waals surface area contributed by atoms with Crippen molar-refractivity contribution in [1.82, 2.24) is 0 Å². The summed E-state index contributed by atoms with van der Waals surface area (Å²) in [5.74, 6) is 2.17. The van der Waals surface area contributed by atoms with Gasteiger partial charge in [0.25, 0.3) is 0 Å². The maximum atomic E-state index is 12.9. The zero-order chi connectivity index (χ0) is 19.9. The van der Waals surface area contributed by atoms with Crippen molar-refractivity contribution >= 4 is 11.9 Å². The van der Waals surface area contributed by atoms with Gasteiger partial charge in [-0.2, -0.15) is 0 Å². The van der Waals surface area contributed by atoms with Crippen LogP contribution in [0.5, 0.6) is 17.2 Å². The van der Waals surface area contributed by atoms with Gasteiger partial charge in [0.15, 0.2) is 17.3 Å². The molecule has 3 aromatic rings. The molecule has 144 valence electrons. The van der Waals surface area contributed by atoms with E-state index in [2.05, 4.69) is 0 Å². The first kappa shape index (κ1) is 19.2. The monoisotopic (exact) mass is 382 g/mol. The van der Waals surface area contributed by atoms with Crippen LogP contribution in [0.2, 0.25) is 0 Å². The molecule has 28 heavy (non-hydrogen) atoms. The molecule has 0 fully saturated rings. The number of carbonyl (C=O) groups excluding carboxylic acids is 1. The number of hydrogen-bond donors (Lipinski definition) is 0. The molecule has 0 N–H and O–H groups in total. The second-order valence-electron chi connectivity index (χ2n) is 5.81. The van der Waals surface area contributed by atoms with Gasteiger partial charge in [-0.15, -0.1) is 0 Å². The molecule has 0 aliphatic carbocycles. The number of rotatable bonds is 8. The van der Waals surface area contributed by atoms with E-state index >= 15 is 0 Å². The summed E-state index contributed by atoms with van der Waals surface area (Å²) in [4.78, 5) is 12.4. The lowest BCUT2D eigenvalue weighted by atomic mass is 10.1. The van der Waals surface area contributed by atoms with Crippen LogP contribution in [-0.4, -0.2) is 20.0 Å². The fraction of sp³-hybridized carbons (Fsp3) is 0.136. The molecule has 2 aromatic carbocycles. The third-order valence-corrected chi connectivity index (χ3v) is 3.94. The first-order valence-corrected chi connectivity index (χ1v) is 8.50. The summed E-state index contributed by atoms with van der Waals surface area (Å²) in [5, 5.41) is 0. The standard InChI is InChI=1S/C22H19FO5/c1-25-21-12-3-15(13-22(21)26-2)20(24)11-10-18-8-9-19(28-18)14-27-17-6-4-16(23)5-7-17/h3-13H,14H2,1-2H3/b11-10+. The highest BCUT2D eigenvalue weighted by Crippen LogP contribution is 2.28. The predicted molar refractivity (Wildman–Crippen MR) is 102 cm³/mol. The van der Waals surface area contributed by atoms with Crippen LogP contribution in [0.4, 0.5) is 4.39 Å². The molecule has 3 rings (SSSR count). The molecule has 0 atom stereocenters. The molecule has 0 radical (unpaired) electrons. The Hall–Kier alpha value is -3.54. The zero-order valence-electron chi connectivity index (χ0n) is 15.5. The highest BCUT2D eigenvalue weighted by atomic mass is 19.1. The topological polar surface area (TPSA) is 57.9 Å². The molecular formula is C22H19FO5. The smallest absolute Gasteiger partial charge is 0.186 e. The molecule has 0 aliphatic heterocycles. The van der Waals surface area contributed by atoms with Gasteiger partial charge in [0.05, 0.1) is 14.2 Å². The van der Waals surface area contributed by atoms with Crippen LogP contribution in [-0.2, 0) is 6.61 Å².